The third-order valence-electron chi connectivity index (χ3n) is 5.98. The summed E-state index contributed by atoms with van der Waals surface area (Å²) in [5.41, 5.74) is 1.29. The van der Waals surface area contributed by atoms with Crippen LogP contribution in [-0.2, 0) is 11.2 Å². The number of benzene rings is 1. The van der Waals surface area contributed by atoms with Gasteiger partial charge < -0.3 is 15.1 Å². The molecule has 0 aliphatic carbocycles. The van der Waals surface area contributed by atoms with E-state index in [9.17, 15) is 4.79 Å². The molecule has 0 unspecified atom stereocenters. The van der Waals surface area contributed by atoms with E-state index in [4.69, 9.17) is 0 Å². The summed E-state index contributed by atoms with van der Waals surface area (Å²) in [5, 5.41) is 3.14. The van der Waals surface area contributed by atoms with Crippen molar-refractivity contribution in [1.82, 2.24) is 15.1 Å². The Morgan fingerprint density at radius 3 is 2.36 bits per heavy atom. The Morgan fingerprint density at radius 1 is 1.04 bits per heavy atom. The van der Waals surface area contributed by atoms with E-state index >= 15 is 0 Å². The minimum atomic E-state index is 0.211. The first-order valence-electron chi connectivity index (χ1n) is 10.0. The van der Waals surface area contributed by atoms with Crippen molar-refractivity contribution in [3.8, 4) is 0 Å². The fourth-order valence-corrected chi connectivity index (χ4v) is 4.25. The van der Waals surface area contributed by atoms with E-state index < -0.39 is 0 Å². The summed E-state index contributed by atoms with van der Waals surface area (Å²) in [6.07, 6.45) is 5.54. The predicted octanol–water partition coefficient (Wildman–Crippen LogP) is 2.54. The normalized spacial score (nSPS) is 21.3. The Morgan fingerprint density at radius 2 is 1.72 bits per heavy atom. The first-order valence-corrected chi connectivity index (χ1v) is 10.0. The van der Waals surface area contributed by atoms with Gasteiger partial charge in [0, 0.05) is 18.5 Å². The van der Waals surface area contributed by atoms with Crippen LogP contribution in [0.4, 0.5) is 0 Å². The molecule has 3 rings (SSSR count). The molecule has 4 heteroatoms. The highest BCUT2D eigenvalue weighted by atomic mass is 16.1. The summed E-state index contributed by atoms with van der Waals surface area (Å²) < 4.78 is 0. The SMILES string of the molecule is CCN1CCC(N2CCC(C(=O)NCCc3ccccc3)CC2)CC1. The third kappa shape index (κ3) is 5.29. The van der Waals surface area contributed by atoms with Crippen LogP contribution in [0.15, 0.2) is 30.3 Å². The number of amides is 1. The van der Waals surface area contributed by atoms with Crippen LogP contribution in [0.5, 0.6) is 0 Å². The lowest BCUT2D eigenvalue weighted by molar-refractivity contribution is -0.126. The Hall–Kier alpha value is -1.39. The van der Waals surface area contributed by atoms with E-state index in [2.05, 4.69) is 46.3 Å². The summed E-state index contributed by atoms with van der Waals surface area (Å²) >= 11 is 0. The van der Waals surface area contributed by atoms with Crippen LogP contribution < -0.4 is 5.32 Å². The van der Waals surface area contributed by atoms with Crippen molar-refractivity contribution in [3.05, 3.63) is 35.9 Å². The topological polar surface area (TPSA) is 35.6 Å². The molecule has 0 radical (unpaired) electrons. The minimum absolute atomic E-state index is 0.211. The van der Waals surface area contributed by atoms with Gasteiger partial charge in [0.15, 0.2) is 0 Å². The fourth-order valence-electron chi connectivity index (χ4n) is 4.25. The molecular weight excluding hydrogens is 310 g/mol. The van der Waals surface area contributed by atoms with E-state index in [1.54, 1.807) is 0 Å². The Labute approximate surface area is 152 Å². The molecule has 0 atom stereocenters. The van der Waals surface area contributed by atoms with Crippen molar-refractivity contribution >= 4 is 5.91 Å². The monoisotopic (exact) mass is 343 g/mol. The van der Waals surface area contributed by atoms with Gasteiger partial charge in [-0.1, -0.05) is 37.3 Å². The van der Waals surface area contributed by atoms with Crippen molar-refractivity contribution in [2.75, 3.05) is 39.3 Å². The summed E-state index contributed by atoms with van der Waals surface area (Å²) in [6.45, 7) is 8.84. The lowest BCUT2D eigenvalue weighted by atomic mass is 9.92. The smallest absolute Gasteiger partial charge is 0.223 e. The van der Waals surface area contributed by atoms with Crippen molar-refractivity contribution in [2.24, 2.45) is 5.92 Å². The van der Waals surface area contributed by atoms with Crippen LogP contribution in [0, 0.1) is 5.92 Å². The molecule has 2 fully saturated rings. The Bertz CT molecular complexity index is 517. The van der Waals surface area contributed by atoms with E-state index in [0.717, 1.165) is 44.9 Å². The van der Waals surface area contributed by atoms with E-state index in [-0.39, 0.29) is 11.8 Å². The first kappa shape index (κ1) is 18.4. The minimum Gasteiger partial charge on any atom is -0.356 e. The lowest BCUT2D eigenvalue weighted by Gasteiger charge is -2.41. The fraction of sp³-hybridized carbons (Fsp3) is 0.667. The van der Waals surface area contributed by atoms with E-state index in [0.29, 0.717) is 0 Å². The van der Waals surface area contributed by atoms with Gasteiger partial charge in [-0.15, -0.1) is 0 Å². The second kappa shape index (κ2) is 9.35. The zero-order valence-electron chi connectivity index (χ0n) is 15.6. The zero-order valence-corrected chi connectivity index (χ0v) is 15.6. The Balaban J connectivity index is 1.35. The number of hydrogen-bond donors (Lipinski definition) is 1. The van der Waals surface area contributed by atoms with Gasteiger partial charge in [-0.2, -0.15) is 0 Å². The molecule has 1 N–H and O–H groups in total. The Kier molecular flexibility index (Phi) is 6.88. The van der Waals surface area contributed by atoms with Gasteiger partial charge in [-0.25, -0.2) is 0 Å². The molecule has 1 aromatic rings. The van der Waals surface area contributed by atoms with Crippen molar-refractivity contribution in [1.29, 1.82) is 0 Å². The van der Waals surface area contributed by atoms with Crippen molar-refractivity contribution < 1.29 is 4.79 Å². The lowest BCUT2D eigenvalue weighted by Crippen LogP contribution is -2.49. The van der Waals surface area contributed by atoms with Crippen LogP contribution in [-0.4, -0.2) is 61.0 Å². The number of rotatable bonds is 6. The second-order valence-electron chi connectivity index (χ2n) is 7.50. The molecule has 2 heterocycles. The molecule has 2 saturated heterocycles. The number of piperidine rings is 2. The van der Waals surface area contributed by atoms with Crippen LogP contribution in [0.25, 0.3) is 0 Å². The van der Waals surface area contributed by atoms with Gasteiger partial charge >= 0.3 is 0 Å². The van der Waals surface area contributed by atoms with Crippen LogP contribution in [0.1, 0.15) is 38.2 Å². The van der Waals surface area contributed by atoms with Gasteiger partial charge in [0.25, 0.3) is 0 Å². The molecular formula is C21H33N3O. The van der Waals surface area contributed by atoms with Crippen molar-refractivity contribution in [2.45, 2.75) is 45.1 Å². The summed E-state index contributed by atoms with van der Waals surface area (Å²) in [4.78, 5) is 17.6. The number of carbonyl (C=O) groups is 1. The highest BCUT2D eigenvalue weighted by Crippen LogP contribution is 2.24. The van der Waals surface area contributed by atoms with Crippen molar-refractivity contribution in [3.63, 3.8) is 0 Å². The standard InChI is InChI=1S/C21H33N3O/c1-2-23-14-11-20(12-15-23)24-16-9-19(10-17-24)21(25)22-13-8-18-6-4-3-5-7-18/h3-7,19-20H,2,8-17H2,1H3,(H,22,25). The average Bonchev–Trinajstić information content (AvgIpc) is 2.69. The number of hydrogen-bond acceptors (Lipinski definition) is 3. The molecule has 0 spiro atoms. The number of carbonyl (C=O) groups excluding carboxylic acids is 1. The zero-order chi connectivity index (χ0) is 17.5. The highest BCUT2D eigenvalue weighted by molar-refractivity contribution is 5.78. The molecule has 1 amide bonds. The molecule has 1 aromatic carbocycles. The van der Waals surface area contributed by atoms with Gasteiger partial charge in [-0.3, -0.25) is 4.79 Å². The van der Waals surface area contributed by atoms with E-state index in [1.807, 2.05) is 6.07 Å². The maximum atomic E-state index is 12.4. The molecule has 0 aromatic heterocycles. The molecule has 0 bridgehead atoms. The van der Waals surface area contributed by atoms with Crippen LogP contribution in [0.3, 0.4) is 0 Å². The van der Waals surface area contributed by atoms with Gasteiger partial charge in [0.05, 0.1) is 0 Å². The summed E-state index contributed by atoms with van der Waals surface area (Å²) in [5.74, 6) is 0.471. The van der Waals surface area contributed by atoms with Gasteiger partial charge in [-0.05, 0) is 70.4 Å². The van der Waals surface area contributed by atoms with Gasteiger partial charge in [0.2, 0.25) is 5.91 Å². The molecule has 0 saturated carbocycles. The predicted molar refractivity (Wildman–Crippen MR) is 103 cm³/mol. The maximum Gasteiger partial charge on any atom is 0.223 e. The molecule has 25 heavy (non-hydrogen) atoms. The maximum absolute atomic E-state index is 12.4. The summed E-state index contributed by atoms with van der Waals surface area (Å²) in [7, 11) is 0. The van der Waals surface area contributed by atoms with Crippen LogP contribution in [0.2, 0.25) is 0 Å². The highest BCUT2D eigenvalue weighted by Gasteiger charge is 2.30. The molecule has 4 nitrogen and oxygen atoms in total. The molecule has 2 aliphatic heterocycles. The van der Waals surface area contributed by atoms with Crippen LogP contribution >= 0.6 is 0 Å². The molecule has 138 valence electrons. The average molecular weight is 344 g/mol. The van der Waals surface area contributed by atoms with E-state index in [1.165, 1.54) is 38.0 Å². The second-order valence-corrected chi connectivity index (χ2v) is 7.50. The molecule has 2 aliphatic rings. The number of nitrogens with one attached hydrogen (secondary N) is 1. The quantitative estimate of drug-likeness (QED) is 0.862. The summed E-state index contributed by atoms with van der Waals surface area (Å²) in [6, 6.07) is 11.1. The van der Waals surface area contributed by atoms with Gasteiger partial charge in [0.1, 0.15) is 0 Å². The number of nitrogens with zero attached hydrogens (tertiary/aromatic N) is 2. The first-order chi connectivity index (χ1) is 12.3. The third-order valence-corrected chi connectivity index (χ3v) is 5.98. The number of likely N-dealkylation sites (tertiary alicyclic amines) is 2. The largest absolute Gasteiger partial charge is 0.356 e.